The van der Waals surface area contributed by atoms with Crippen LogP contribution in [0.2, 0.25) is 0 Å². The summed E-state index contributed by atoms with van der Waals surface area (Å²) >= 11 is 3.47. The average Bonchev–Trinajstić information content (AvgIpc) is 2.67. The number of ether oxygens (including phenoxy) is 2. The van der Waals surface area contributed by atoms with Crippen LogP contribution in [0.5, 0.6) is 11.5 Å². The number of amides is 1. The molecule has 0 atom stereocenters. The lowest BCUT2D eigenvalue weighted by molar-refractivity contribution is -0.384. The normalized spacial score (nSPS) is 10.7. The van der Waals surface area contributed by atoms with Gasteiger partial charge in [0.05, 0.1) is 28.8 Å². The highest BCUT2D eigenvalue weighted by Crippen LogP contribution is 2.36. The number of rotatable bonds is 9. The van der Waals surface area contributed by atoms with Gasteiger partial charge in [-0.25, -0.2) is 5.43 Å². The van der Waals surface area contributed by atoms with Crippen molar-refractivity contribution in [1.82, 2.24) is 5.43 Å². The first kappa shape index (κ1) is 21.4. The van der Waals surface area contributed by atoms with E-state index in [4.69, 9.17) is 9.47 Å². The maximum Gasteiger partial charge on any atom is 0.271 e. The fraction of sp³-hybridized carbons (Fsp3) is 0.263. The molecule has 0 heterocycles. The third-order valence-corrected chi connectivity index (χ3v) is 4.09. The van der Waals surface area contributed by atoms with E-state index in [0.29, 0.717) is 30.3 Å². The molecule has 9 heteroatoms. The number of nitrogens with zero attached hydrogens (tertiary/aromatic N) is 2. The van der Waals surface area contributed by atoms with Crippen molar-refractivity contribution in [3.63, 3.8) is 0 Å². The highest BCUT2D eigenvalue weighted by atomic mass is 79.9. The number of benzene rings is 2. The Morgan fingerprint density at radius 1 is 1.25 bits per heavy atom. The number of carbonyl (C=O) groups is 1. The van der Waals surface area contributed by atoms with Gasteiger partial charge in [-0.1, -0.05) is 6.92 Å². The zero-order chi connectivity index (χ0) is 20.5. The first-order valence-electron chi connectivity index (χ1n) is 8.63. The minimum absolute atomic E-state index is 0.0845. The molecular weight excluding hydrogens is 430 g/mol. The molecule has 0 aliphatic heterocycles. The SMILES string of the molecule is CCCOc1c(Br)cc(/C=N/NC(=O)c2ccc([N+](=O)[O-])cc2)cc1OCC. The number of halogens is 1. The monoisotopic (exact) mass is 449 g/mol. The van der Waals surface area contributed by atoms with Crippen molar-refractivity contribution in [2.45, 2.75) is 20.3 Å². The molecule has 0 aliphatic carbocycles. The summed E-state index contributed by atoms with van der Waals surface area (Å²) in [4.78, 5) is 22.2. The van der Waals surface area contributed by atoms with Gasteiger partial charge in [-0.2, -0.15) is 5.10 Å². The Labute approximate surface area is 170 Å². The fourth-order valence-electron chi connectivity index (χ4n) is 2.23. The number of hydrazone groups is 1. The highest BCUT2D eigenvalue weighted by molar-refractivity contribution is 9.10. The molecule has 8 nitrogen and oxygen atoms in total. The molecule has 2 aromatic carbocycles. The quantitative estimate of drug-likeness (QED) is 0.349. The van der Waals surface area contributed by atoms with Crippen LogP contribution in [-0.2, 0) is 0 Å². The zero-order valence-electron chi connectivity index (χ0n) is 15.5. The summed E-state index contributed by atoms with van der Waals surface area (Å²) in [6.07, 6.45) is 2.34. The zero-order valence-corrected chi connectivity index (χ0v) is 17.1. The van der Waals surface area contributed by atoms with Crippen LogP contribution in [0.15, 0.2) is 46.0 Å². The maximum atomic E-state index is 12.1. The minimum Gasteiger partial charge on any atom is -0.490 e. The standard InChI is InChI=1S/C19H20BrN3O5/c1-3-9-28-18-16(20)10-13(11-17(18)27-4-2)12-21-22-19(24)14-5-7-15(8-6-14)23(25)26/h5-8,10-12H,3-4,9H2,1-2H3,(H,22,24)/b21-12+. The summed E-state index contributed by atoms with van der Waals surface area (Å²) in [6, 6.07) is 8.83. The first-order chi connectivity index (χ1) is 13.5. The van der Waals surface area contributed by atoms with Gasteiger partial charge in [0.1, 0.15) is 0 Å². The summed E-state index contributed by atoms with van der Waals surface area (Å²) in [7, 11) is 0. The number of nitrogens with one attached hydrogen (secondary N) is 1. The molecule has 0 fully saturated rings. The number of hydrogen-bond donors (Lipinski definition) is 1. The summed E-state index contributed by atoms with van der Waals surface area (Å²) in [5.74, 6) is 0.724. The van der Waals surface area contributed by atoms with Gasteiger partial charge < -0.3 is 9.47 Å². The van der Waals surface area contributed by atoms with Crippen molar-refractivity contribution in [2.75, 3.05) is 13.2 Å². The number of hydrogen-bond acceptors (Lipinski definition) is 6. The van der Waals surface area contributed by atoms with Crippen LogP contribution >= 0.6 is 15.9 Å². The van der Waals surface area contributed by atoms with Gasteiger partial charge in [-0.15, -0.1) is 0 Å². The molecule has 0 aromatic heterocycles. The largest absolute Gasteiger partial charge is 0.490 e. The first-order valence-corrected chi connectivity index (χ1v) is 9.42. The Bertz CT molecular complexity index is 869. The molecular formula is C19H20BrN3O5. The predicted octanol–water partition coefficient (Wildman–Crippen LogP) is 4.31. The molecule has 148 valence electrons. The van der Waals surface area contributed by atoms with E-state index in [1.807, 2.05) is 13.8 Å². The van der Waals surface area contributed by atoms with E-state index in [-0.39, 0.29) is 11.3 Å². The van der Waals surface area contributed by atoms with Gasteiger partial charge in [0.2, 0.25) is 0 Å². The Morgan fingerprint density at radius 2 is 1.96 bits per heavy atom. The Kier molecular flexibility index (Phi) is 7.94. The van der Waals surface area contributed by atoms with Gasteiger partial charge >= 0.3 is 0 Å². The smallest absolute Gasteiger partial charge is 0.271 e. The maximum absolute atomic E-state index is 12.1. The van der Waals surface area contributed by atoms with Crippen molar-refractivity contribution >= 4 is 33.7 Å². The fourth-order valence-corrected chi connectivity index (χ4v) is 2.81. The van der Waals surface area contributed by atoms with Gasteiger partial charge in [-0.3, -0.25) is 14.9 Å². The Morgan fingerprint density at radius 3 is 2.57 bits per heavy atom. The third-order valence-electron chi connectivity index (χ3n) is 3.50. The van der Waals surface area contributed by atoms with Crippen molar-refractivity contribution in [3.8, 4) is 11.5 Å². The van der Waals surface area contributed by atoms with E-state index < -0.39 is 10.8 Å². The van der Waals surface area contributed by atoms with E-state index in [1.54, 1.807) is 12.1 Å². The lowest BCUT2D eigenvalue weighted by Gasteiger charge is -2.14. The van der Waals surface area contributed by atoms with E-state index in [0.717, 1.165) is 10.9 Å². The van der Waals surface area contributed by atoms with Crippen LogP contribution in [0.1, 0.15) is 36.2 Å². The number of nitro benzene ring substituents is 1. The molecule has 2 aromatic rings. The summed E-state index contributed by atoms with van der Waals surface area (Å²) in [5, 5.41) is 14.6. The highest BCUT2D eigenvalue weighted by Gasteiger charge is 2.12. The van der Waals surface area contributed by atoms with E-state index >= 15 is 0 Å². The summed E-state index contributed by atoms with van der Waals surface area (Å²) in [6.45, 7) is 4.94. The second-order valence-corrected chi connectivity index (χ2v) is 6.47. The second kappa shape index (κ2) is 10.4. The van der Waals surface area contributed by atoms with Gasteiger partial charge in [0.15, 0.2) is 11.5 Å². The van der Waals surface area contributed by atoms with Crippen LogP contribution in [0.4, 0.5) is 5.69 Å². The van der Waals surface area contributed by atoms with Gasteiger partial charge in [0, 0.05) is 17.7 Å². The minimum atomic E-state index is -0.526. The molecule has 0 radical (unpaired) electrons. The van der Waals surface area contributed by atoms with Crippen LogP contribution in [0.3, 0.4) is 0 Å². The Hall–Kier alpha value is -2.94. The van der Waals surface area contributed by atoms with Crippen molar-refractivity contribution in [2.24, 2.45) is 5.10 Å². The molecule has 0 aliphatic rings. The second-order valence-electron chi connectivity index (χ2n) is 5.61. The molecule has 0 spiro atoms. The molecule has 0 bridgehead atoms. The average molecular weight is 450 g/mol. The summed E-state index contributed by atoms with van der Waals surface area (Å²) in [5.41, 5.74) is 3.27. The molecule has 0 saturated heterocycles. The van der Waals surface area contributed by atoms with E-state index in [2.05, 4.69) is 26.5 Å². The molecule has 0 unspecified atom stereocenters. The van der Waals surface area contributed by atoms with Crippen LogP contribution in [0.25, 0.3) is 0 Å². The van der Waals surface area contributed by atoms with Crippen molar-refractivity contribution in [3.05, 3.63) is 62.1 Å². The van der Waals surface area contributed by atoms with Gasteiger partial charge in [0.25, 0.3) is 11.6 Å². The van der Waals surface area contributed by atoms with Crippen LogP contribution in [0, 0.1) is 10.1 Å². The number of nitro groups is 1. The molecule has 2 rings (SSSR count). The lowest BCUT2D eigenvalue weighted by Crippen LogP contribution is -2.17. The van der Waals surface area contributed by atoms with Crippen molar-refractivity contribution < 1.29 is 19.2 Å². The number of non-ortho nitro benzene ring substituents is 1. The molecule has 1 N–H and O–H groups in total. The van der Waals surface area contributed by atoms with Gasteiger partial charge in [-0.05, 0) is 59.1 Å². The van der Waals surface area contributed by atoms with Crippen LogP contribution < -0.4 is 14.9 Å². The lowest BCUT2D eigenvalue weighted by atomic mass is 10.2. The van der Waals surface area contributed by atoms with E-state index in [1.165, 1.54) is 30.5 Å². The Balaban J connectivity index is 2.10. The summed E-state index contributed by atoms with van der Waals surface area (Å²) < 4.78 is 12.1. The molecule has 1 amide bonds. The van der Waals surface area contributed by atoms with Crippen LogP contribution in [-0.4, -0.2) is 30.3 Å². The topological polar surface area (TPSA) is 103 Å². The number of carbonyl (C=O) groups excluding carboxylic acids is 1. The molecule has 28 heavy (non-hydrogen) atoms. The predicted molar refractivity (Wildman–Crippen MR) is 109 cm³/mol. The molecule has 0 saturated carbocycles. The third kappa shape index (κ3) is 5.78. The van der Waals surface area contributed by atoms with E-state index in [9.17, 15) is 14.9 Å². The van der Waals surface area contributed by atoms with Crippen molar-refractivity contribution in [1.29, 1.82) is 0 Å².